The number of carbonyl (C=O) groups excluding carboxylic acids is 1. The average molecular weight is 339 g/mol. The standard InChI is InChI=1S/C20H25N3O2/c1-15-10-13-23(2)18(24)17(15)21-19(25)22-20(11-6-7-12-20)14-16-8-4-3-5-9-16/h3-5,8-10,13H,6-7,11-12,14H2,1-2H3,(H2,21,22,25). The van der Waals surface area contributed by atoms with Gasteiger partial charge in [-0.25, -0.2) is 4.79 Å². The molecule has 1 aliphatic rings. The maximum Gasteiger partial charge on any atom is 0.319 e. The lowest BCUT2D eigenvalue weighted by Crippen LogP contribution is -2.50. The highest BCUT2D eigenvalue weighted by Crippen LogP contribution is 2.33. The second kappa shape index (κ2) is 7.13. The second-order valence-corrected chi connectivity index (χ2v) is 7.02. The number of benzene rings is 1. The Bertz CT molecular complexity index is 805. The van der Waals surface area contributed by atoms with Crippen LogP contribution in [0.4, 0.5) is 10.5 Å². The zero-order valence-electron chi connectivity index (χ0n) is 14.8. The van der Waals surface area contributed by atoms with Crippen LogP contribution in [0.1, 0.15) is 36.8 Å². The van der Waals surface area contributed by atoms with E-state index in [1.807, 2.05) is 31.2 Å². The predicted octanol–water partition coefficient (Wildman–Crippen LogP) is 3.37. The molecule has 0 saturated heterocycles. The van der Waals surface area contributed by atoms with Gasteiger partial charge in [-0.15, -0.1) is 0 Å². The lowest BCUT2D eigenvalue weighted by atomic mass is 9.89. The number of urea groups is 1. The number of carbonyl (C=O) groups is 1. The van der Waals surface area contributed by atoms with Crippen LogP contribution in [0.5, 0.6) is 0 Å². The molecule has 0 atom stereocenters. The second-order valence-electron chi connectivity index (χ2n) is 7.02. The first-order valence-corrected chi connectivity index (χ1v) is 8.78. The molecule has 1 aromatic carbocycles. The topological polar surface area (TPSA) is 63.1 Å². The molecule has 0 aliphatic heterocycles. The van der Waals surface area contributed by atoms with Gasteiger partial charge in [0, 0.05) is 18.8 Å². The molecule has 3 rings (SSSR count). The Balaban J connectivity index is 1.76. The van der Waals surface area contributed by atoms with E-state index in [1.54, 1.807) is 13.2 Å². The number of rotatable bonds is 4. The molecular formula is C20H25N3O2. The van der Waals surface area contributed by atoms with E-state index in [1.165, 1.54) is 10.1 Å². The number of hydrogen-bond donors (Lipinski definition) is 2. The van der Waals surface area contributed by atoms with Crippen molar-refractivity contribution in [3.05, 3.63) is 64.1 Å². The van der Waals surface area contributed by atoms with Crippen LogP contribution in [-0.4, -0.2) is 16.1 Å². The summed E-state index contributed by atoms with van der Waals surface area (Å²) >= 11 is 0. The zero-order valence-corrected chi connectivity index (χ0v) is 14.8. The number of aromatic nitrogens is 1. The monoisotopic (exact) mass is 339 g/mol. The summed E-state index contributed by atoms with van der Waals surface area (Å²) in [4.78, 5) is 24.9. The van der Waals surface area contributed by atoms with Gasteiger partial charge in [-0.2, -0.15) is 0 Å². The lowest BCUT2D eigenvalue weighted by molar-refractivity contribution is 0.235. The molecule has 132 valence electrons. The molecule has 1 fully saturated rings. The third kappa shape index (κ3) is 3.92. The van der Waals surface area contributed by atoms with E-state index in [-0.39, 0.29) is 17.1 Å². The molecule has 1 heterocycles. The fourth-order valence-electron chi connectivity index (χ4n) is 3.64. The Morgan fingerprint density at radius 3 is 2.52 bits per heavy atom. The van der Waals surface area contributed by atoms with E-state index in [0.717, 1.165) is 37.7 Å². The van der Waals surface area contributed by atoms with Gasteiger partial charge < -0.3 is 15.2 Å². The smallest absolute Gasteiger partial charge is 0.319 e. The lowest BCUT2D eigenvalue weighted by Gasteiger charge is -2.30. The van der Waals surface area contributed by atoms with Crippen molar-refractivity contribution in [1.82, 2.24) is 9.88 Å². The third-order valence-corrected chi connectivity index (χ3v) is 5.04. The summed E-state index contributed by atoms with van der Waals surface area (Å²) < 4.78 is 1.47. The quantitative estimate of drug-likeness (QED) is 0.897. The minimum Gasteiger partial charge on any atom is -0.332 e. The Kier molecular flexibility index (Phi) is 4.93. The summed E-state index contributed by atoms with van der Waals surface area (Å²) in [5.74, 6) is 0. The van der Waals surface area contributed by atoms with E-state index in [0.29, 0.717) is 5.69 Å². The Morgan fingerprint density at radius 1 is 1.16 bits per heavy atom. The maximum absolute atomic E-state index is 12.6. The molecule has 0 radical (unpaired) electrons. The number of nitrogens with one attached hydrogen (secondary N) is 2. The minimum absolute atomic E-state index is 0.196. The molecule has 1 aromatic heterocycles. The number of nitrogens with zero attached hydrogens (tertiary/aromatic N) is 1. The predicted molar refractivity (Wildman–Crippen MR) is 99.9 cm³/mol. The van der Waals surface area contributed by atoms with Crippen LogP contribution in [0.25, 0.3) is 0 Å². The highest BCUT2D eigenvalue weighted by atomic mass is 16.2. The zero-order chi connectivity index (χ0) is 17.9. The van der Waals surface area contributed by atoms with Crippen LogP contribution in [0.3, 0.4) is 0 Å². The number of aryl methyl sites for hydroxylation is 2. The Labute approximate surface area is 148 Å². The third-order valence-electron chi connectivity index (χ3n) is 5.04. The fraction of sp³-hybridized carbons (Fsp3) is 0.400. The van der Waals surface area contributed by atoms with Crippen molar-refractivity contribution < 1.29 is 4.79 Å². The SMILES string of the molecule is Cc1ccn(C)c(=O)c1NC(=O)NC1(Cc2ccccc2)CCCC1. The van der Waals surface area contributed by atoms with E-state index >= 15 is 0 Å². The number of amides is 2. The molecule has 5 nitrogen and oxygen atoms in total. The van der Waals surface area contributed by atoms with Crippen LogP contribution in [0, 0.1) is 6.92 Å². The first kappa shape index (κ1) is 17.3. The molecule has 0 bridgehead atoms. The summed E-state index contributed by atoms with van der Waals surface area (Å²) in [6.45, 7) is 1.83. The highest BCUT2D eigenvalue weighted by Gasteiger charge is 2.35. The van der Waals surface area contributed by atoms with Gasteiger partial charge in [0.2, 0.25) is 0 Å². The van der Waals surface area contributed by atoms with Gasteiger partial charge in [0.15, 0.2) is 0 Å². The van der Waals surface area contributed by atoms with Crippen molar-refractivity contribution in [2.45, 2.75) is 44.6 Å². The molecule has 1 saturated carbocycles. The Hall–Kier alpha value is -2.56. The van der Waals surface area contributed by atoms with Gasteiger partial charge in [0.05, 0.1) is 0 Å². The summed E-state index contributed by atoms with van der Waals surface area (Å²) in [5, 5.41) is 5.94. The first-order valence-electron chi connectivity index (χ1n) is 8.78. The summed E-state index contributed by atoms with van der Waals surface area (Å²) in [6.07, 6.45) is 6.66. The van der Waals surface area contributed by atoms with E-state index in [9.17, 15) is 9.59 Å². The molecule has 5 heteroatoms. The van der Waals surface area contributed by atoms with Crippen molar-refractivity contribution in [3.8, 4) is 0 Å². The van der Waals surface area contributed by atoms with Crippen molar-refractivity contribution >= 4 is 11.7 Å². The maximum atomic E-state index is 12.6. The molecular weight excluding hydrogens is 314 g/mol. The average Bonchev–Trinajstić information content (AvgIpc) is 3.04. The van der Waals surface area contributed by atoms with Gasteiger partial charge in [0.1, 0.15) is 5.69 Å². The largest absolute Gasteiger partial charge is 0.332 e. The molecule has 1 aliphatic carbocycles. The van der Waals surface area contributed by atoms with Crippen molar-refractivity contribution in [3.63, 3.8) is 0 Å². The van der Waals surface area contributed by atoms with Crippen LogP contribution in [0.15, 0.2) is 47.4 Å². The van der Waals surface area contributed by atoms with Gasteiger partial charge in [-0.1, -0.05) is 43.2 Å². The van der Waals surface area contributed by atoms with Crippen LogP contribution < -0.4 is 16.2 Å². The van der Waals surface area contributed by atoms with Gasteiger partial charge in [-0.3, -0.25) is 4.79 Å². The van der Waals surface area contributed by atoms with Crippen molar-refractivity contribution in [2.75, 3.05) is 5.32 Å². The molecule has 0 spiro atoms. The van der Waals surface area contributed by atoms with E-state index < -0.39 is 0 Å². The highest BCUT2D eigenvalue weighted by molar-refractivity contribution is 5.90. The van der Waals surface area contributed by atoms with Crippen molar-refractivity contribution in [2.24, 2.45) is 7.05 Å². The summed E-state index contributed by atoms with van der Waals surface area (Å²) in [6, 6.07) is 11.8. The number of hydrogen-bond acceptors (Lipinski definition) is 2. The minimum atomic E-state index is -0.302. The van der Waals surface area contributed by atoms with Crippen LogP contribution >= 0.6 is 0 Å². The van der Waals surface area contributed by atoms with Crippen LogP contribution in [0.2, 0.25) is 0 Å². The summed E-state index contributed by atoms with van der Waals surface area (Å²) in [7, 11) is 1.68. The normalized spacial score (nSPS) is 15.8. The molecule has 0 unspecified atom stereocenters. The van der Waals surface area contributed by atoms with Crippen molar-refractivity contribution in [1.29, 1.82) is 0 Å². The number of anilines is 1. The first-order chi connectivity index (χ1) is 12.0. The fourth-order valence-corrected chi connectivity index (χ4v) is 3.64. The van der Waals surface area contributed by atoms with E-state index in [2.05, 4.69) is 22.8 Å². The van der Waals surface area contributed by atoms with Gasteiger partial charge in [-0.05, 0) is 43.4 Å². The van der Waals surface area contributed by atoms with Gasteiger partial charge in [0.25, 0.3) is 5.56 Å². The summed E-state index contributed by atoms with van der Waals surface area (Å²) in [5.41, 5.74) is 1.90. The van der Waals surface area contributed by atoms with Gasteiger partial charge >= 0.3 is 6.03 Å². The van der Waals surface area contributed by atoms with Crippen LogP contribution in [-0.2, 0) is 13.5 Å². The van der Waals surface area contributed by atoms with E-state index in [4.69, 9.17) is 0 Å². The Morgan fingerprint density at radius 2 is 1.84 bits per heavy atom. The number of pyridine rings is 1. The molecule has 2 N–H and O–H groups in total. The molecule has 2 amide bonds. The molecule has 2 aromatic rings. The molecule has 25 heavy (non-hydrogen) atoms.